The van der Waals surface area contributed by atoms with E-state index in [1.54, 1.807) is 6.92 Å². The van der Waals surface area contributed by atoms with Gasteiger partial charge in [-0.3, -0.25) is 9.59 Å². The second-order valence-electron chi connectivity index (χ2n) is 4.09. The van der Waals surface area contributed by atoms with E-state index in [-0.39, 0.29) is 18.8 Å². The lowest BCUT2D eigenvalue weighted by Crippen LogP contribution is -2.42. The van der Waals surface area contributed by atoms with E-state index in [0.29, 0.717) is 19.3 Å². The Labute approximate surface area is 95.6 Å². The molecule has 0 saturated heterocycles. The van der Waals surface area contributed by atoms with E-state index in [1.165, 1.54) is 0 Å². The normalized spacial score (nSPS) is 24.9. The predicted octanol–water partition coefficient (Wildman–Crippen LogP) is 1.98. The molecule has 16 heavy (non-hydrogen) atoms. The van der Waals surface area contributed by atoms with Crippen LogP contribution in [0.1, 0.15) is 45.4 Å². The summed E-state index contributed by atoms with van der Waals surface area (Å²) in [5.41, 5.74) is -1.02. The summed E-state index contributed by atoms with van der Waals surface area (Å²) in [7, 11) is 0. The molecule has 1 rings (SSSR count). The molecule has 1 fully saturated rings. The van der Waals surface area contributed by atoms with Crippen LogP contribution in [0.15, 0.2) is 0 Å². The number of hydrogen-bond acceptors (Lipinski definition) is 4. The summed E-state index contributed by atoms with van der Waals surface area (Å²) in [6.45, 7) is 2.00. The van der Waals surface area contributed by atoms with Crippen molar-refractivity contribution in [2.24, 2.45) is 5.41 Å². The van der Waals surface area contributed by atoms with Crippen molar-refractivity contribution in [2.45, 2.75) is 45.4 Å². The molecule has 1 unspecified atom stereocenters. The minimum atomic E-state index is -1.02. The maximum atomic E-state index is 11.9. The van der Waals surface area contributed by atoms with Gasteiger partial charge >= 0.3 is 5.97 Å². The second kappa shape index (κ2) is 5.64. The van der Waals surface area contributed by atoms with E-state index < -0.39 is 11.4 Å². The van der Waals surface area contributed by atoms with Crippen molar-refractivity contribution in [3.05, 3.63) is 0 Å². The predicted molar refractivity (Wildman–Crippen MR) is 57.4 cm³/mol. The molecule has 4 nitrogen and oxygen atoms in total. The maximum absolute atomic E-state index is 11.9. The summed E-state index contributed by atoms with van der Waals surface area (Å²) in [6, 6.07) is 2.00. The third kappa shape index (κ3) is 2.41. The molecule has 0 amide bonds. The first-order valence-electron chi connectivity index (χ1n) is 5.75. The molecule has 88 valence electrons. The third-order valence-electron chi connectivity index (χ3n) is 3.12. The van der Waals surface area contributed by atoms with Crippen molar-refractivity contribution >= 4 is 11.8 Å². The number of ketones is 1. The lowest BCUT2D eigenvalue weighted by molar-refractivity contribution is -0.162. The van der Waals surface area contributed by atoms with Gasteiger partial charge in [-0.25, -0.2) is 0 Å². The molecule has 0 aromatic heterocycles. The van der Waals surface area contributed by atoms with E-state index in [2.05, 4.69) is 0 Å². The smallest absolute Gasteiger partial charge is 0.319 e. The zero-order valence-electron chi connectivity index (χ0n) is 9.62. The molecule has 1 aliphatic rings. The number of ether oxygens (including phenoxy) is 1. The number of Topliss-reactive ketones (excluding diaryl/α,β-unsaturated/α-hetero) is 1. The van der Waals surface area contributed by atoms with Crippen molar-refractivity contribution < 1.29 is 14.3 Å². The second-order valence-corrected chi connectivity index (χ2v) is 4.09. The van der Waals surface area contributed by atoms with E-state index >= 15 is 0 Å². The van der Waals surface area contributed by atoms with Gasteiger partial charge in [0.1, 0.15) is 11.2 Å². The van der Waals surface area contributed by atoms with Gasteiger partial charge in [-0.15, -0.1) is 0 Å². The first kappa shape index (κ1) is 12.7. The fourth-order valence-corrected chi connectivity index (χ4v) is 2.21. The molecule has 0 spiro atoms. The minimum Gasteiger partial charge on any atom is -0.465 e. The number of nitrogens with zero attached hydrogens (tertiary/aromatic N) is 1. The molecule has 0 aliphatic heterocycles. The zero-order chi connectivity index (χ0) is 12.0. The Balaban J connectivity index is 2.86. The van der Waals surface area contributed by atoms with Crippen LogP contribution in [-0.2, 0) is 14.3 Å². The van der Waals surface area contributed by atoms with Gasteiger partial charge in [0.25, 0.3) is 0 Å². The molecule has 0 aromatic carbocycles. The van der Waals surface area contributed by atoms with Crippen LogP contribution < -0.4 is 0 Å². The van der Waals surface area contributed by atoms with Crippen molar-refractivity contribution in [3.63, 3.8) is 0 Å². The lowest BCUT2D eigenvalue weighted by atomic mass is 9.70. The van der Waals surface area contributed by atoms with Crippen LogP contribution in [0, 0.1) is 16.7 Å². The van der Waals surface area contributed by atoms with Crippen molar-refractivity contribution in [1.29, 1.82) is 5.26 Å². The molecular weight excluding hydrogens is 206 g/mol. The van der Waals surface area contributed by atoms with Gasteiger partial charge in [0.05, 0.1) is 12.7 Å². The topological polar surface area (TPSA) is 67.2 Å². The minimum absolute atomic E-state index is 0.0487. The number of esters is 1. The standard InChI is InChI=1S/C12H17NO3/c1-2-16-11(15)12(8-5-9-13)7-4-3-6-10(12)14/h2-8H2,1H3. The fraction of sp³-hybridized carbons (Fsp3) is 0.750. The first-order valence-corrected chi connectivity index (χ1v) is 5.75. The quantitative estimate of drug-likeness (QED) is 0.540. The van der Waals surface area contributed by atoms with Crippen LogP contribution in [-0.4, -0.2) is 18.4 Å². The highest BCUT2D eigenvalue weighted by Gasteiger charge is 2.47. The Morgan fingerprint density at radius 2 is 2.31 bits per heavy atom. The van der Waals surface area contributed by atoms with Crippen molar-refractivity contribution in [1.82, 2.24) is 0 Å². The zero-order valence-corrected chi connectivity index (χ0v) is 9.62. The highest BCUT2D eigenvalue weighted by atomic mass is 16.5. The van der Waals surface area contributed by atoms with Crippen LogP contribution in [0.25, 0.3) is 0 Å². The molecule has 0 N–H and O–H groups in total. The van der Waals surface area contributed by atoms with E-state index in [0.717, 1.165) is 12.8 Å². The van der Waals surface area contributed by atoms with E-state index in [9.17, 15) is 9.59 Å². The molecule has 0 heterocycles. The van der Waals surface area contributed by atoms with E-state index in [4.69, 9.17) is 10.00 Å². The van der Waals surface area contributed by atoms with Crippen LogP contribution in [0.3, 0.4) is 0 Å². The van der Waals surface area contributed by atoms with Crippen molar-refractivity contribution in [2.75, 3.05) is 6.61 Å². The SMILES string of the molecule is CCOC(=O)C1(CCC#N)CCCCC1=O. The van der Waals surface area contributed by atoms with E-state index in [1.807, 2.05) is 6.07 Å². The summed E-state index contributed by atoms with van der Waals surface area (Å²) in [5.74, 6) is -0.484. The summed E-state index contributed by atoms with van der Waals surface area (Å²) in [4.78, 5) is 23.8. The van der Waals surface area contributed by atoms with Gasteiger partial charge in [-0.2, -0.15) is 5.26 Å². The Morgan fingerprint density at radius 1 is 1.56 bits per heavy atom. The van der Waals surface area contributed by atoms with Crippen LogP contribution >= 0.6 is 0 Å². The molecular formula is C12H17NO3. The number of carbonyl (C=O) groups excluding carboxylic acids is 2. The number of hydrogen-bond donors (Lipinski definition) is 0. The molecule has 0 bridgehead atoms. The number of rotatable bonds is 4. The Kier molecular flexibility index (Phi) is 4.48. The summed E-state index contributed by atoms with van der Waals surface area (Å²) < 4.78 is 4.98. The van der Waals surface area contributed by atoms with Crippen LogP contribution in [0.4, 0.5) is 0 Å². The fourth-order valence-electron chi connectivity index (χ4n) is 2.21. The number of nitriles is 1. The molecule has 0 radical (unpaired) electrons. The lowest BCUT2D eigenvalue weighted by Gasteiger charge is -2.32. The molecule has 1 saturated carbocycles. The summed E-state index contributed by atoms with van der Waals surface area (Å²) in [5, 5.41) is 8.60. The Hall–Kier alpha value is -1.37. The van der Waals surface area contributed by atoms with Gasteiger partial charge in [0, 0.05) is 12.8 Å². The monoisotopic (exact) mass is 223 g/mol. The highest BCUT2D eigenvalue weighted by Crippen LogP contribution is 2.38. The Bertz CT molecular complexity index is 319. The molecule has 1 aliphatic carbocycles. The summed E-state index contributed by atoms with van der Waals surface area (Å²) >= 11 is 0. The van der Waals surface area contributed by atoms with Gasteiger partial charge in [0.2, 0.25) is 0 Å². The maximum Gasteiger partial charge on any atom is 0.319 e. The van der Waals surface area contributed by atoms with Gasteiger partial charge in [-0.1, -0.05) is 6.42 Å². The average molecular weight is 223 g/mol. The van der Waals surface area contributed by atoms with Gasteiger partial charge < -0.3 is 4.74 Å². The first-order chi connectivity index (χ1) is 7.67. The highest BCUT2D eigenvalue weighted by molar-refractivity contribution is 6.04. The van der Waals surface area contributed by atoms with Crippen LogP contribution in [0.5, 0.6) is 0 Å². The van der Waals surface area contributed by atoms with Gasteiger partial charge in [0.15, 0.2) is 0 Å². The molecule has 0 aromatic rings. The Morgan fingerprint density at radius 3 is 2.88 bits per heavy atom. The van der Waals surface area contributed by atoms with Crippen molar-refractivity contribution in [3.8, 4) is 6.07 Å². The largest absolute Gasteiger partial charge is 0.465 e. The average Bonchev–Trinajstić information content (AvgIpc) is 2.28. The third-order valence-corrected chi connectivity index (χ3v) is 3.12. The number of carbonyl (C=O) groups is 2. The van der Waals surface area contributed by atoms with Crippen LogP contribution in [0.2, 0.25) is 0 Å². The van der Waals surface area contributed by atoms with Gasteiger partial charge in [-0.05, 0) is 26.2 Å². The molecule has 1 atom stereocenters. The summed E-state index contributed by atoms with van der Waals surface area (Å²) in [6.07, 6.45) is 3.20. The molecule has 4 heteroatoms.